The normalized spacial score (nSPS) is 12.4. The number of halogens is 1. The summed E-state index contributed by atoms with van der Waals surface area (Å²) in [5, 5.41) is 3.63. The molecule has 2 atom stereocenters. The van der Waals surface area contributed by atoms with Crippen molar-refractivity contribution in [2.45, 2.75) is 45.3 Å². The summed E-state index contributed by atoms with van der Waals surface area (Å²) in [4.78, 5) is 28.5. The number of benzene rings is 3. The molecular weight excluding hydrogens is 448 g/mol. The van der Waals surface area contributed by atoms with Gasteiger partial charge in [-0.05, 0) is 48.7 Å². The van der Waals surface area contributed by atoms with Crippen molar-refractivity contribution in [1.29, 1.82) is 0 Å². The van der Waals surface area contributed by atoms with E-state index in [1.54, 1.807) is 23.1 Å². The molecule has 0 fully saturated rings. The number of rotatable bonds is 11. The number of nitrogens with one attached hydrogen (secondary N) is 1. The molecule has 5 nitrogen and oxygen atoms in total. The van der Waals surface area contributed by atoms with Crippen molar-refractivity contribution in [2.24, 2.45) is 0 Å². The van der Waals surface area contributed by atoms with Gasteiger partial charge in [-0.2, -0.15) is 0 Å². The van der Waals surface area contributed by atoms with E-state index in [1.807, 2.05) is 80.6 Å². The Morgan fingerprint density at radius 1 is 0.941 bits per heavy atom. The first-order valence-corrected chi connectivity index (χ1v) is 11.9. The summed E-state index contributed by atoms with van der Waals surface area (Å²) >= 11 is 6.20. The molecule has 3 aromatic carbocycles. The highest BCUT2D eigenvalue weighted by Crippen LogP contribution is 2.18. The minimum absolute atomic E-state index is 0.00513. The van der Waals surface area contributed by atoms with Crippen molar-refractivity contribution in [1.82, 2.24) is 10.2 Å². The smallest absolute Gasteiger partial charge is 0.261 e. The van der Waals surface area contributed by atoms with Gasteiger partial charge in [0.1, 0.15) is 11.8 Å². The molecule has 2 amide bonds. The van der Waals surface area contributed by atoms with Crippen LogP contribution in [0, 0.1) is 0 Å². The van der Waals surface area contributed by atoms with Crippen LogP contribution in [0.5, 0.6) is 5.75 Å². The van der Waals surface area contributed by atoms with Crippen LogP contribution in [-0.4, -0.2) is 35.4 Å². The topological polar surface area (TPSA) is 58.6 Å². The lowest BCUT2D eigenvalue weighted by Crippen LogP contribution is -2.53. The second kappa shape index (κ2) is 12.8. The number of carbonyl (C=O) groups excluding carboxylic acids is 2. The molecule has 1 N–H and O–H groups in total. The Morgan fingerprint density at radius 3 is 2.24 bits per heavy atom. The maximum absolute atomic E-state index is 13.5. The summed E-state index contributed by atoms with van der Waals surface area (Å²) < 4.78 is 5.74. The first kappa shape index (κ1) is 25.3. The molecule has 0 aliphatic carbocycles. The van der Waals surface area contributed by atoms with Gasteiger partial charge in [-0.15, -0.1) is 0 Å². The first-order valence-electron chi connectivity index (χ1n) is 11.5. The Morgan fingerprint density at radius 2 is 1.59 bits per heavy atom. The van der Waals surface area contributed by atoms with Crippen LogP contribution in [0.3, 0.4) is 0 Å². The Hall–Kier alpha value is -3.31. The van der Waals surface area contributed by atoms with Crippen LogP contribution in [0.4, 0.5) is 0 Å². The van der Waals surface area contributed by atoms with Gasteiger partial charge >= 0.3 is 0 Å². The molecule has 0 aliphatic rings. The van der Waals surface area contributed by atoms with E-state index >= 15 is 0 Å². The van der Waals surface area contributed by atoms with Gasteiger partial charge in [0, 0.05) is 24.0 Å². The number of hydrogen-bond donors (Lipinski definition) is 1. The molecule has 34 heavy (non-hydrogen) atoms. The van der Waals surface area contributed by atoms with E-state index in [0.29, 0.717) is 17.2 Å². The van der Waals surface area contributed by atoms with Gasteiger partial charge in [-0.25, -0.2) is 0 Å². The van der Waals surface area contributed by atoms with Gasteiger partial charge in [-0.3, -0.25) is 9.59 Å². The number of hydrogen-bond acceptors (Lipinski definition) is 3. The van der Waals surface area contributed by atoms with Crippen molar-refractivity contribution < 1.29 is 14.3 Å². The standard InChI is InChI=1S/C28H31ClN2O3/c1-3-21(2)30-28(33)26(18-22-11-6-4-7-12-22)31(19-23-13-10-14-24(29)17-23)27(32)20-34-25-15-8-5-9-16-25/h4-17,21,26H,3,18-20H2,1-2H3,(H,30,33). The zero-order valence-electron chi connectivity index (χ0n) is 19.6. The zero-order valence-corrected chi connectivity index (χ0v) is 20.4. The molecule has 0 spiro atoms. The van der Waals surface area contributed by atoms with Gasteiger partial charge in [0.05, 0.1) is 0 Å². The van der Waals surface area contributed by atoms with Gasteiger partial charge in [0.15, 0.2) is 6.61 Å². The Labute approximate surface area is 206 Å². The van der Waals surface area contributed by atoms with E-state index in [1.165, 1.54) is 0 Å². The van der Waals surface area contributed by atoms with Gasteiger partial charge in [-0.1, -0.05) is 79.2 Å². The molecule has 0 bridgehead atoms. The zero-order chi connectivity index (χ0) is 24.3. The van der Waals surface area contributed by atoms with Gasteiger partial charge in [0.2, 0.25) is 5.91 Å². The van der Waals surface area contributed by atoms with Crippen molar-refractivity contribution in [3.8, 4) is 5.75 Å². The molecule has 6 heteroatoms. The van der Waals surface area contributed by atoms with Crippen LogP contribution < -0.4 is 10.1 Å². The predicted molar refractivity (Wildman–Crippen MR) is 136 cm³/mol. The summed E-state index contributed by atoms with van der Waals surface area (Å²) in [6.45, 7) is 4.04. The van der Waals surface area contributed by atoms with Gasteiger partial charge < -0.3 is 15.0 Å². The number of ether oxygens (including phenoxy) is 1. The SMILES string of the molecule is CCC(C)NC(=O)C(Cc1ccccc1)N(Cc1cccc(Cl)c1)C(=O)COc1ccccc1. The number of amides is 2. The third-order valence-corrected chi connectivity index (χ3v) is 5.85. The summed E-state index contributed by atoms with van der Waals surface area (Å²) in [5.74, 6) is 0.138. The molecular formula is C28H31ClN2O3. The average molecular weight is 479 g/mol. The second-order valence-corrected chi connectivity index (χ2v) is 8.71. The average Bonchev–Trinajstić information content (AvgIpc) is 2.85. The van der Waals surface area contributed by atoms with Crippen LogP contribution in [0.1, 0.15) is 31.4 Å². The minimum atomic E-state index is -0.706. The van der Waals surface area contributed by atoms with E-state index in [-0.39, 0.29) is 31.0 Å². The highest BCUT2D eigenvalue weighted by atomic mass is 35.5. The Balaban J connectivity index is 1.91. The molecule has 0 aliphatic heterocycles. The van der Waals surface area contributed by atoms with Crippen LogP contribution >= 0.6 is 11.6 Å². The minimum Gasteiger partial charge on any atom is -0.484 e. The maximum Gasteiger partial charge on any atom is 0.261 e. The molecule has 0 aromatic heterocycles. The number of carbonyl (C=O) groups is 2. The lowest BCUT2D eigenvalue weighted by atomic mass is 10.0. The van der Waals surface area contributed by atoms with Crippen molar-refractivity contribution >= 4 is 23.4 Å². The molecule has 3 aromatic rings. The highest BCUT2D eigenvalue weighted by Gasteiger charge is 2.31. The van der Waals surface area contributed by atoms with E-state index in [4.69, 9.17) is 16.3 Å². The summed E-state index contributed by atoms with van der Waals surface area (Å²) in [7, 11) is 0. The fourth-order valence-electron chi connectivity index (χ4n) is 3.57. The lowest BCUT2D eigenvalue weighted by molar-refractivity contribution is -0.143. The Kier molecular flexibility index (Phi) is 9.53. The predicted octanol–water partition coefficient (Wildman–Crippen LogP) is 5.27. The third-order valence-electron chi connectivity index (χ3n) is 5.62. The Bertz CT molecular complexity index is 1060. The van der Waals surface area contributed by atoms with Crippen molar-refractivity contribution in [2.75, 3.05) is 6.61 Å². The maximum atomic E-state index is 13.5. The molecule has 3 rings (SSSR count). The summed E-state index contributed by atoms with van der Waals surface area (Å²) in [6, 6.07) is 25.5. The number of para-hydroxylation sites is 1. The fourth-order valence-corrected chi connectivity index (χ4v) is 3.78. The fraction of sp³-hybridized carbons (Fsp3) is 0.286. The van der Waals surface area contributed by atoms with Crippen molar-refractivity contribution in [3.63, 3.8) is 0 Å². The quantitative estimate of drug-likeness (QED) is 0.408. The van der Waals surface area contributed by atoms with E-state index in [9.17, 15) is 9.59 Å². The second-order valence-electron chi connectivity index (χ2n) is 8.28. The lowest BCUT2D eigenvalue weighted by Gasteiger charge is -2.32. The van der Waals surface area contributed by atoms with Crippen LogP contribution in [0.2, 0.25) is 5.02 Å². The highest BCUT2D eigenvalue weighted by molar-refractivity contribution is 6.30. The first-order chi connectivity index (χ1) is 16.5. The van der Waals surface area contributed by atoms with Crippen LogP contribution in [-0.2, 0) is 22.6 Å². The summed E-state index contributed by atoms with van der Waals surface area (Å²) in [6.07, 6.45) is 1.18. The molecule has 0 radical (unpaired) electrons. The largest absolute Gasteiger partial charge is 0.484 e. The number of nitrogens with zero attached hydrogens (tertiary/aromatic N) is 1. The molecule has 2 unspecified atom stereocenters. The third kappa shape index (κ3) is 7.63. The van der Waals surface area contributed by atoms with E-state index in [0.717, 1.165) is 17.5 Å². The van der Waals surface area contributed by atoms with Crippen molar-refractivity contribution in [3.05, 3.63) is 101 Å². The van der Waals surface area contributed by atoms with Crippen LogP contribution in [0.25, 0.3) is 0 Å². The summed E-state index contributed by atoms with van der Waals surface area (Å²) in [5.41, 5.74) is 1.81. The van der Waals surface area contributed by atoms with Crippen LogP contribution in [0.15, 0.2) is 84.9 Å². The molecule has 0 saturated heterocycles. The van der Waals surface area contributed by atoms with E-state index in [2.05, 4.69) is 5.32 Å². The molecule has 0 heterocycles. The van der Waals surface area contributed by atoms with E-state index < -0.39 is 6.04 Å². The molecule has 0 saturated carbocycles. The monoisotopic (exact) mass is 478 g/mol. The molecule has 178 valence electrons. The van der Waals surface area contributed by atoms with Gasteiger partial charge in [0.25, 0.3) is 5.91 Å².